The van der Waals surface area contributed by atoms with E-state index in [1.165, 1.54) is 6.92 Å². The van der Waals surface area contributed by atoms with Gasteiger partial charge in [0.05, 0.1) is 0 Å². The number of nitrogens with two attached hydrogens (primary N) is 1. The molecule has 5 atom stereocenters. The molecule has 0 aromatic heterocycles. The van der Waals surface area contributed by atoms with Crippen molar-refractivity contribution in [2.75, 3.05) is 6.61 Å². The minimum atomic E-state index is -1.27. The molecule has 11 nitrogen and oxygen atoms in total. The highest BCUT2D eigenvalue weighted by atomic mass is 79.9. The van der Waals surface area contributed by atoms with Gasteiger partial charge in [0, 0.05) is 27.7 Å². The number of carbonyl (C=O) groups is 4. The molecular formula is C15H23BrN2O9S. The van der Waals surface area contributed by atoms with Crippen molar-refractivity contribution in [1.29, 1.82) is 0 Å². The third kappa shape index (κ3) is 8.35. The Morgan fingerprint density at radius 3 is 1.79 bits per heavy atom. The molecule has 0 aromatic carbocycles. The molecule has 28 heavy (non-hydrogen) atoms. The third-order valence-electron chi connectivity index (χ3n) is 3.28. The Labute approximate surface area is 177 Å². The topological polar surface area (TPSA) is 152 Å². The van der Waals surface area contributed by atoms with E-state index in [4.69, 9.17) is 41.6 Å². The van der Waals surface area contributed by atoms with Crippen LogP contribution in [0.2, 0.25) is 0 Å². The zero-order valence-electron chi connectivity index (χ0n) is 15.7. The van der Waals surface area contributed by atoms with Crippen LogP contribution < -0.4 is 11.1 Å². The fourth-order valence-corrected chi connectivity index (χ4v) is 2.60. The lowest BCUT2D eigenvalue weighted by Crippen LogP contribution is -2.66. The van der Waals surface area contributed by atoms with Crippen molar-refractivity contribution in [3.63, 3.8) is 0 Å². The maximum absolute atomic E-state index is 11.6. The van der Waals surface area contributed by atoms with Gasteiger partial charge >= 0.3 is 23.9 Å². The van der Waals surface area contributed by atoms with Crippen molar-refractivity contribution in [3.8, 4) is 0 Å². The molecule has 0 aromatic rings. The number of hydrogen-bond acceptors (Lipinski definition) is 10. The van der Waals surface area contributed by atoms with Crippen LogP contribution in [0.4, 0.5) is 0 Å². The summed E-state index contributed by atoms with van der Waals surface area (Å²) in [6.07, 6.45) is -5.94. The lowest BCUT2D eigenvalue weighted by molar-refractivity contribution is -0.254. The zero-order chi connectivity index (χ0) is 20.7. The third-order valence-corrected chi connectivity index (χ3v) is 3.39. The second-order valence-corrected chi connectivity index (χ2v) is 6.07. The Morgan fingerprint density at radius 2 is 1.36 bits per heavy atom. The van der Waals surface area contributed by atoms with E-state index in [0.29, 0.717) is 0 Å². The van der Waals surface area contributed by atoms with Gasteiger partial charge in [0.2, 0.25) is 0 Å². The standard InChI is InChI=1S/C15H22N2O9S.BrH/c1-6(18)22-5-10-11(23-7(2)19)12(24-8(3)20)13(25-9(4)21)14(26-10)17-15(16)27;/h10-14H,5H2,1-4H3,(H3,16,17,27);1H/t10-,11-,12+,13+,14+;/m1./s1. The van der Waals surface area contributed by atoms with Crippen molar-refractivity contribution in [1.82, 2.24) is 5.32 Å². The van der Waals surface area contributed by atoms with Crippen LogP contribution in [-0.2, 0) is 42.9 Å². The van der Waals surface area contributed by atoms with Crippen LogP contribution in [0, 0.1) is 0 Å². The number of esters is 4. The van der Waals surface area contributed by atoms with E-state index >= 15 is 0 Å². The second-order valence-electron chi connectivity index (χ2n) is 5.63. The van der Waals surface area contributed by atoms with Gasteiger partial charge < -0.3 is 34.7 Å². The van der Waals surface area contributed by atoms with Gasteiger partial charge in [-0.25, -0.2) is 0 Å². The summed E-state index contributed by atoms with van der Waals surface area (Å²) in [4.78, 5) is 45.8. The highest BCUT2D eigenvalue weighted by molar-refractivity contribution is 8.93. The molecule has 0 bridgehead atoms. The van der Waals surface area contributed by atoms with Gasteiger partial charge in [-0.1, -0.05) is 0 Å². The minimum absolute atomic E-state index is 0. The summed E-state index contributed by atoms with van der Waals surface area (Å²) in [7, 11) is 0. The highest BCUT2D eigenvalue weighted by Crippen LogP contribution is 2.28. The number of rotatable bonds is 6. The monoisotopic (exact) mass is 486 g/mol. The molecule has 1 fully saturated rings. The van der Waals surface area contributed by atoms with Crippen LogP contribution in [0.15, 0.2) is 0 Å². The number of nitrogens with one attached hydrogen (secondary N) is 1. The number of ether oxygens (including phenoxy) is 5. The van der Waals surface area contributed by atoms with Crippen molar-refractivity contribution in [3.05, 3.63) is 0 Å². The van der Waals surface area contributed by atoms with Crippen molar-refractivity contribution >= 4 is 58.2 Å². The Balaban J connectivity index is 0.00000729. The van der Waals surface area contributed by atoms with Gasteiger partial charge in [-0.3, -0.25) is 19.2 Å². The number of halogens is 1. The van der Waals surface area contributed by atoms with E-state index in [1.54, 1.807) is 0 Å². The van der Waals surface area contributed by atoms with Gasteiger partial charge in [-0.05, 0) is 12.2 Å². The Kier molecular flexibility index (Phi) is 10.9. The number of hydrogen-bond donors (Lipinski definition) is 2. The average molecular weight is 487 g/mol. The second kappa shape index (κ2) is 11.8. The quantitative estimate of drug-likeness (QED) is 0.282. The first-order valence-corrected chi connectivity index (χ1v) is 8.28. The summed E-state index contributed by atoms with van der Waals surface area (Å²) >= 11 is 4.78. The first-order chi connectivity index (χ1) is 12.5. The molecule has 0 unspecified atom stereocenters. The maximum Gasteiger partial charge on any atom is 0.303 e. The highest BCUT2D eigenvalue weighted by Gasteiger charge is 2.52. The fraction of sp³-hybridized carbons (Fsp3) is 0.667. The van der Waals surface area contributed by atoms with Crippen LogP contribution >= 0.6 is 29.2 Å². The molecule has 0 spiro atoms. The molecule has 0 saturated carbocycles. The Hall–Kier alpha value is -1.99. The zero-order valence-corrected chi connectivity index (χ0v) is 18.2. The molecule has 1 aliphatic rings. The van der Waals surface area contributed by atoms with Crippen molar-refractivity contribution in [2.45, 2.75) is 58.3 Å². The van der Waals surface area contributed by atoms with E-state index in [0.717, 1.165) is 20.8 Å². The summed E-state index contributed by atoms with van der Waals surface area (Å²) in [6.45, 7) is 4.25. The van der Waals surface area contributed by atoms with E-state index in [1.807, 2.05) is 0 Å². The SMILES string of the molecule is Br.CC(=O)OC[C@H]1O[C@H](NC(N)=S)[C@@H](OC(C)=O)[C@@H](OC(C)=O)[C@@H]1OC(C)=O. The largest absolute Gasteiger partial charge is 0.463 e. The maximum atomic E-state index is 11.6. The molecule has 3 N–H and O–H groups in total. The van der Waals surface area contributed by atoms with Crippen LogP contribution in [0.25, 0.3) is 0 Å². The molecule has 160 valence electrons. The van der Waals surface area contributed by atoms with E-state index < -0.39 is 54.5 Å². The summed E-state index contributed by atoms with van der Waals surface area (Å²) < 4.78 is 26.2. The summed E-state index contributed by atoms with van der Waals surface area (Å²) in [5.74, 6) is -2.76. The normalized spacial score (nSPS) is 26.1. The molecule has 1 aliphatic heterocycles. The average Bonchev–Trinajstić information content (AvgIpc) is 2.49. The van der Waals surface area contributed by atoms with Crippen LogP contribution in [0.5, 0.6) is 0 Å². The first-order valence-electron chi connectivity index (χ1n) is 7.87. The summed E-state index contributed by atoms with van der Waals surface area (Å²) in [5.41, 5.74) is 5.47. The Bertz CT molecular complexity index is 618. The lowest BCUT2D eigenvalue weighted by atomic mass is 9.97. The van der Waals surface area contributed by atoms with Crippen LogP contribution in [0.1, 0.15) is 27.7 Å². The van der Waals surface area contributed by atoms with Gasteiger partial charge in [0.1, 0.15) is 12.7 Å². The van der Waals surface area contributed by atoms with Gasteiger partial charge in [0.25, 0.3) is 0 Å². The molecule has 0 radical (unpaired) electrons. The lowest BCUT2D eigenvalue weighted by Gasteiger charge is -2.44. The number of thiocarbonyl (C=S) groups is 1. The van der Waals surface area contributed by atoms with E-state index in [9.17, 15) is 19.2 Å². The molecule has 0 aliphatic carbocycles. The van der Waals surface area contributed by atoms with Gasteiger partial charge in [0.15, 0.2) is 29.7 Å². The number of carbonyl (C=O) groups excluding carboxylic acids is 4. The Morgan fingerprint density at radius 1 is 0.893 bits per heavy atom. The van der Waals surface area contributed by atoms with E-state index in [2.05, 4.69) is 5.32 Å². The fourth-order valence-electron chi connectivity index (χ4n) is 2.48. The molecule has 1 rings (SSSR count). The molecule has 0 amide bonds. The molecular weight excluding hydrogens is 464 g/mol. The molecule has 1 heterocycles. The van der Waals surface area contributed by atoms with Crippen molar-refractivity contribution < 1.29 is 42.9 Å². The minimum Gasteiger partial charge on any atom is -0.463 e. The van der Waals surface area contributed by atoms with Crippen LogP contribution in [-0.4, -0.2) is 66.2 Å². The van der Waals surface area contributed by atoms with Gasteiger partial charge in [-0.2, -0.15) is 0 Å². The van der Waals surface area contributed by atoms with Crippen LogP contribution in [0.3, 0.4) is 0 Å². The first kappa shape index (κ1) is 26.0. The van der Waals surface area contributed by atoms with Gasteiger partial charge in [-0.15, -0.1) is 17.0 Å². The molecule has 1 saturated heterocycles. The van der Waals surface area contributed by atoms with E-state index in [-0.39, 0.29) is 28.7 Å². The summed E-state index contributed by atoms with van der Waals surface area (Å²) in [6, 6.07) is 0. The smallest absolute Gasteiger partial charge is 0.303 e. The predicted octanol–water partition coefficient (Wildman–Crippen LogP) is -0.519. The van der Waals surface area contributed by atoms with Crippen molar-refractivity contribution in [2.24, 2.45) is 5.73 Å². The summed E-state index contributed by atoms with van der Waals surface area (Å²) in [5, 5.41) is 2.39. The predicted molar refractivity (Wildman–Crippen MR) is 102 cm³/mol. The molecule has 13 heteroatoms.